The summed E-state index contributed by atoms with van der Waals surface area (Å²) in [5.41, 5.74) is -0.520. The Morgan fingerprint density at radius 2 is 1.65 bits per heavy atom. The highest BCUT2D eigenvalue weighted by atomic mass is 19.4. The van der Waals surface area contributed by atoms with Gasteiger partial charge in [0, 0.05) is 33.2 Å². The number of alkyl halides is 3. The summed E-state index contributed by atoms with van der Waals surface area (Å²) in [5, 5.41) is 0. The lowest BCUT2D eigenvalue weighted by molar-refractivity contribution is -0.185. The van der Waals surface area contributed by atoms with Crippen LogP contribution in [0.2, 0.25) is 0 Å². The molecule has 3 atom stereocenters. The maximum atomic E-state index is 12.8. The first-order valence-electron chi connectivity index (χ1n) is 10.8. The fourth-order valence-electron chi connectivity index (χ4n) is 4.05. The molecule has 0 aliphatic carbocycles. The average Bonchev–Trinajstić information content (AvgIpc) is 3.31. The number of likely N-dealkylation sites (N-methyl/N-ethyl adjacent to an activating group) is 1. The Kier molecular flexibility index (Phi) is 7.86. The van der Waals surface area contributed by atoms with Gasteiger partial charge in [-0.2, -0.15) is 13.2 Å². The minimum atomic E-state index is -4.91. The molecule has 0 N–H and O–H groups in total. The number of nitrogens with zero attached hydrogens (tertiary/aromatic N) is 3. The molecule has 0 spiro atoms. The zero-order valence-electron chi connectivity index (χ0n) is 19.0. The predicted octanol–water partition coefficient (Wildman–Crippen LogP) is 3.28. The molecule has 0 aromatic heterocycles. The number of ether oxygens (including phenoxy) is 1. The highest BCUT2D eigenvalue weighted by molar-refractivity contribution is 5.82. The van der Waals surface area contributed by atoms with Crippen molar-refractivity contribution in [3.8, 4) is 0 Å². The first kappa shape index (κ1) is 25.3. The first-order valence-corrected chi connectivity index (χ1v) is 10.8. The van der Waals surface area contributed by atoms with E-state index in [1.54, 1.807) is 4.90 Å². The van der Waals surface area contributed by atoms with Gasteiger partial charge in [-0.15, -0.1) is 0 Å². The van der Waals surface area contributed by atoms with E-state index >= 15 is 0 Å². The number of amides is 3. The van der Waals surface area contributed by atoms with Gasteiger partial charge in [-0.25, -0.2) is 4.79 Å². The normalized spacial score (nSPS) is 23.1. The molecule has 2 saturated heterocycles. The van der Waals surface area contributed by atoms with Crippen LogP contribution in [-0.4, -0.2) is 83.7 Å². The van der Waals surface area contributed by atoms with Gasteiger partial charge in [0.1, 0.15) is 5.60 Å². The molecular formula is C21H34F3N3O4. The van der Waals surface area contributed by atoms with E-state index in [0.717, 1.165) is 19.9 Å². The summed E-state index contributed by atoms with van der Waals surface area (Å²) in [4.78, 5) is 40.3. The Bertz CT molecular complexity index is 678. The van der Waals surface area contributed by atoms with Crippen LogP contribution in [0.5, 0.6) is 0 Å². The molecule has 2 aliphatic heterocycles. The van der Waals surface area contributed by atoms with Crippen molar-refractivity contribution in [3.63, 3.8) is 0 Å². The smallest absolute Gasteiger partial charge is 0.460 e. The van der Waals surface area contributed by atoms with E-state index in [9.17, 15) is 27.6 Å². The van der Waals surface area contributed by atoms with E-state index in [1.165, 1.54) is 4.90 Å². The zero-order valence-corrected chi connectivity index (χ0v) is 19.0. The van der Waals surface area contributed by atoms with Crippen molar-refractivity contribution < 1.29 is 32.3 Å². The SMILES string of the molecule is CC(CCC1CCN(C(=O)N2CC[C@@H](N(C)C(=O)C(F)(F)F)C2)C1)C(=O)OC(C)(C)C. The second-order valence-corrected chi connectivity index (χ2v) is 9.70. The van der Waals surface area contributed by atoms with Crippen molar-refractivity contribution in [2.45, 2.75) is 71.2 Å². The van der Waals surface area contributed by atoms with Crippen molar-refractivity contribution in [3.05, 3.63) is 0 Å². The number of halogens is 3. The van der Waals surface area contributed by atoms with Gasteiger partial charge < -0.3 is 19.4 Å². The number of urea groups is 1. The Balaban J connectivity index is 1.79. The van der Waals surface area contributed by atoms with E-state index in [2.05, 4.69) is 0 Å². The zero-order chi connectivity index (χ0) is 23.6. The van der Waals surface area contributed by atoms with Crippen LogP contribution in [-0.2, 0) is 14.3 Å². The maximum absolute atomic E-state index is 12.8. The lowest BCUT2D eigenvalue weighted by Gasteiger charge is -2.27. The highest BCUT2D eigenvalue weighted by Gasteiger charge is 2.45. The van der Waals surface area contributed by atoms with Crippen LogP contribution >= 0.6 is 0 Å². The molecule has 7 nitrogen and oxygen atoms in total. The lowest BCUT2D eigenvalue weighted by Crippen LogP contribution is -2.47. The largest absolute Gasteiger partial charge is 0.471 e. The van der Waals surface area contributed by atoms with Crippen LogP contribution in [0.4, 0.5) is 18.0 Å². The Morgan fingerprint density at radius 3 is 2.23 bits per heavy atom. The monoisotopic (exact) mass is 449 g/mol. The van der Waals surface area contributed by atoms with Gasteiger partial charge in [0.05, 0.1) is 12.0 Å². The quantitative estimate of drug-likeness (QED) is 0.604. The fourth-order valence-corrected chi connectivity index (χ4v) is 4.05. The molecular weight excluding hydrogens is 415 g/mol. The van der Waals surface area contributed by atoms with Gasteiger partial charge in [0.2, 0.25) is 0 Å². The van der Waals surface area contributed by atoms with Gasteiger partial charge in [0.25, 0.3) is 0 Å². The number of carbonyl (C=O) groups is 3. The Labute approximate surface area is 181 Å². The maximum Gasteiger partial charge on any atom is 0.471 e. The molecule has 0 bridgehead atoms. The topological polar surface area (TPSA) is 70.2 Å². The highest BCUT2D eigenvalue weighted by Crippen LogP contribution is 2.27. The number of rotatable bonds is 5. The van der Waals surface area contributed by atoms with Crippen LogP contribution in [0.25, 0.3) is 0 Å². The molecule has 2 aliphatic rings. The molecule has 0 radical (unpaired) electrons. The number of carbonyl (C=O) groups excluding carboxylic acids is 3. The summed E-state index contributed by atoms with van der Waals surface area (Å²) in [5.74, 6) is -2.04. The third kappa shape index (κ3) is 7.00. The van der Waals surface area contributed by atoms with Crippen LogP contribution in [0, 0.1) is 11.8 Å². The van der Waals surface area contributed by atoms with Crippen molar-refractivity contribution >= 4 is 17.9 Å². The van der Waals surface area contributed by atoms with Gasteiger partial charge in [-0.1, -0.05) is 6.92 Å². The second kappa shape index (κ2) is 9.65. The van der Waals surface area contributed by atoms with Gasteiger partial charge in [-0.05, 0) is 52.4 Å². The van der Waals surface area contributed by atoms with Gasteiger partial charge in [0.15, 0.2) is 0 Å². The summed E-state index contributed by atoms with van der Waals surface area (Å²) in [7, 11) is 1.13. The summed E-state index contributed by atoms with van der Waals surface area (Å²) >= 11 is 0. The molecule has 178 valence electrons. The van der Waals surface area contributed by atoms with Crippen molar-refractivity contribution in [1.82, 2.24) is 14.7 Å². The first-order chi connectivity index (χ1) is 14.2. The molecule has 0 aromatic rings. The van der Waals surface area contributed by atoms with Crippen molar-refractivity contribution in [2.75, 3.05) is 33.2 Å². The fraction of sp³-hybridized carbons (Fsp3) is 0.857. The van der Waals surface area contributed by atoms with Crippen LogP contribution in [0.3, 0.4) is 0 Å². The number of hydrogen-bond donors (Lipinski definition) is 0. The van der Waals surface area contributed by atoms with Crippen LogP contribution in [0.1, 0.15) is 53.4 Å². The van der Waals surface area contributed by atoms with E-state index in [0.29, 0.717) is 37.4 Å². The summed E-state index contributed by atoms with van der Waals surface area (Å²) < 4.78 is 43.3. The average molecular weight is 450 g/mol. The van der Waals surface area contributed by atoms with Crippen molar-refractivity contribution in [1.29, 1.82) is 0 Å². The molecule has 0 aromatic carbocycles. The third-order valence-corrected chi connectivity index (χ3v) is 5.92. The minimum absolute atomic E-state index is 0.105. The van der Waals surface area contributed by atoms with Crippen LogP contribution in [0.15, 0.2) is 0 Å². The standard InChI is InChI=1S/C21H34F3N3O4/c1-14(17(28)31-20(2,3)4)6-7-15-8-10-26(12-15)19(30)27-11-9-16(13-27)25(5)18(29)21(22,23)24/h14-16H,6-13H2,1-5H3/t14?,15?,16-/m1/s1. The molecule has 2 fully saturated rings. The van der Waals surface area contributed by atoms with E-state index in [1.807, 2.05) is 27.7 Å². The molecule has 2 unspecified atom stereocenters. The molecule has 0 saturated carbocycles. The van der Waals surface area contributed by atoms with Crippen LogP contribution < -0.4 is 0 Å². The molecule has 2 rings (SSSR count). The number of hydrogen-bond acceptors (Lipinski definition) is 4. The van der Waals surface area contributed by atoms with Crippen molar-refractivity contribution in [2.24, 2.45) is 11.8 Å². The molecule has 3 amide bonds. The van der Waals surface area contributed by atoms with Gasteiger partial charge >= 0.3 is 24.1 Å². The summed E-state index contributed by atoms with van der Waals surface area (Å²) in [6.45, 7) is 8.92. The van der Waals surface area contributed by atoms with E-state index in [4.69, 9.17) is 4.74 Å². The second-order valence-electron chi connectivity index (χ2n) is 9.70. The number of esters is 1. The Morgan fingerprint density at radius 1 is 1.06 bits per heavy atom. The van der Waals surface area contributed by atoms with Gasteiger partial charge in [-0.3, -0.25) is 9.59 Å². The molecule has 31 heavy (non-hydrogen) atoms. The number of likely N-dealkylation sites (tertiary alicyclic amines) is 2. The minimum Gasteiger partial charge on any atom is -0.460 e. The molecule has 10 heteroatoms. The Hall–Kier alpha value is -2.00. The molecule has 2 heterocycles. The lowest BCUT2D eigenvalue weighted by atomic mass is 9.96. The predicted molar refractivity (Wildman–Crippen MR) is 108 cm³/mol. The van der Waals surface area contributed by atoms with E-state index < -0.39 is 23.7 Å². The summed E-state index contributed by atoms with van der Waals surface area (Å²) in [6.07, 6.45) is -2.27. The third-order valence-electron chi connectivity index (χ3n) is 5.92. The van der Waals surface area contributed by atoms with E-state index in [-0.39, 0.29) is 30.4 Å². The summed E-state index contributed by atoms with van der Waals surface area (Å²) in [6, 6.07) is -0.829.